The Kier molecular flexibility index (Phi) is 4.76. The first-order valence-corrected chi connectivity index (χ1v) is 6.72. The number of amides is 1. The van der Waals surface area contributed by atoms with Crippen molar-refractivity contribution in [2.24, 2.45) is 0 Å². The maximum atomic E-state index is 11.7. The lowest BCUT2D eigenvalue weighted by atomic mass is 10.2. The molecule has 0 saturated heterocycles. The molecule has 0 aliphatic carbocycles. The summed E-state index contributed by atoms with van der Waals surface area (Å²) in [4.78, 5) is 15.8. The van der Waals surface area contributed by atoms with E-state index in [-0.39, 0.29) is 11.9 Å². The second kappa shape index (κ2) is 6.75. The molecule has 1 amide bonds. The number of furan rings is 1. The van der Waals surface area contributed by atoms with Gasteiger partial charge in [-0.1, -0.05) is 0 Å². The van der Waals surface area contributed by atoms with Crippen LogP contribution >= 0.6 is 0 Å². The predicted octanol–water partition coefficient (Wildman–Crippen LogP) is 2.47. The SMILES string of the molecule is CCNC(=O)c1cc(NC(C)Cc2ccco2)ccn1. The minimum atomic E-state index is -0.158. The average Bonchev–Trinajstić information content (AvgIpc) is 2.92. The van der Waals surface area contributed by atoms with Crippen molar-refractivity contribution in [2.45, 2.75) is 26.3 Å². The third-order valence-corrected chi connectivity index (χ3v) is 2.83. The van der Waals surface area contributed by atoms with Crippen LogP contribution in [-0.2, 0) is 6.42 Å². The number of carbonyl (C=O) groups excluding carboxylic acids is 1. The van der Waals surface area contributed by atoms with Gasteiger partial charge in [0.1, 0.15) is 11.5 Å². The lowest BCUT2D eigenvalue weighted by molar-refractivity contribution is 0.0951. The van der Waals surface area contributed by atoms with Gasteiger partial charge >= 0.3 is 0 Å². The van der Waals surface area contributed by atoms with Crippen LogP contribution in [0.15, 0.2) is 41.1 Å². The van der Waals surface area contributed by atoms with Gasteiger partial charge in [0, 0.05) is 30.9 Å². The maximum Gasteiger partial charge on any atom is 0.269 e. The van der Waals surface area contributed by atoms with E-state index in [1.54, 1.807) is 18.5 Å². The Bertz CT molecular complexity index is 552. The Labute approximate surface area is 118 Å². The molecule has 2 N–H and O–H groups in total. The van der Waals surface area contributed by atoms with Crippen LogP contribution in [0.25, 0.3) is 0 Å². The van der Waals surface area contributed by atoms with E-state index in [2.05, 4.69) is 22.5 Å². The third-order valence-electron chi connectivity index (χ3n) is 2.83. The molecule has 5 heteroatoms. The van der Waals surface area contributed by atoms with E-state index < -0.39 is 0 Å². The fourth-order valence-corrected chi connectivity index (χ4v) is 1.96. The van der Waals surface area contributed by atoms with E-state index in [4.69, 9.17) is 4.42 Å². The molecule has 0 bridgehead atoms. The van der Waals surface area contributed by atoms with Crippen molar-refractivity contribution in [3.63, 3.8) is 0 Å². The van der Waals surface area contributed by atoms with Gasteiger partial charge < -0.3 is 15.1 Å². The summed E-state index contributed by atoms with van der Waals surface area (Å²) in [5.41, 5.74) is 1.29. The first-order chi connectivity index (χ1) is 9.69. The zero-order valence-corrected chi connectivity index (χ0v) is 11.7. The summed E-state index contributed by atoms with van der Waals surface area (Å²) in [6.07, 6.45) is 4.08. The molecule has 2 aromatic rings. The highest BCUT2D eigenvalue weighted by atomic mass is 16.3. The van der Waals surface area contributed by atoms with Crippen LogP contribution in [0.2, 0.25) is 0 Å². The molecule has 0 aromatic carbocycles. The van der Waals surface area contributed by atoms with Crippen LogP contribution in [0.4, 0.5) is 5.69 Å². The number of anilines is 1. The lowest BCUT2D eigenvalue weighted by Gasteiger charge is -2.14. The molecule has 106 valence electrons. The zero-order valence-electron chi connectivity index (χ0n) is 11.7. The topological polar surface area (TPSA) is 67.2 Å². The highest BCUT2D eigenvalue weighted by Crippen LogP contribution is 2.12. The number of pyridine rings is 1. The molecule has 0 radical (unpaired) electrons. The fourth-order valence-electron chi connectivity index (χ4n) is 1.96. The van der Waals surface area contributed by atoms with Crippen molar-refractivity contribution in [1.29, 1.82) is 0 Å². The monoisotopic (exact) mass is 273 g/mol. The van der Waals surface area contributed by atoms with E-state index in [1.807, 2.05) is 25.1 Å². The molecule has 1 unspecified atom stereocenters. The summed E-state index contributed by atoms with van der Waals surface area (Å²) in [6.45, 7) is 4.53. The second-order valence-electron chi connectivity index (χ2n) is 4.62. The van der Waals surface area contributed by atoms with Crippen molar-refractivity contribution in [3.05, 3.63) is 48.2 Å². The van der Waals surface area contributed by atoms with E-state index in [0.29, 0.717) is 12.2 Å². The summed E-state index contributed by atoms with van der Waals surface area (Å²) >= 11 is 0. The molecule has 20 heavy (non-hydrogen) atoms. The number of carbonyl (C=O) groups is 1. The number of nitrogens with one attached hydrogen (secondary N) is 2. The highest BCUT2D eigenvalue weighted by Gasteiger charge is 2.09. The standard InChI is InChI=1S/C15H19N3O2/c1-3-16-15(19)14-10-12(6-7-17-14)18-11(2)9-13-5-4-8-20-13/h4-8,10-11H,3,9H2,1-2H3,(H,16,19)(H,17,18). The van der Waals surface area contributed by atoms with Gasteiger partial charge in [-0.05, 0) is 38.1 Å². The van der Waals surface area contributed by atoms with Crippen LogP contribution < -0.4 is 10.6 Å². The van der Waals surface area contributed by atoms with Gasteiger partial charge in [-0.3, -0.25) is 9.78 Å². The van der Waals surface area contributed by atoms with Gasteiger partial charge in [0.2, 0.25) is 0 Å². The Morgan fingerprint density at radius 2 is 2.30 bits per heavy atom. The first kappa shape index (κ1) is 14.1. The largest absolute Gasteiger partial charge is 0.469 e. The molecule has 0 saturated carbocycles. The quantitative estimate of drug-likeness (QED) is 0.848. The van der Waals surface area contributed by atoms with Crippen molar-refractivity contribution in [2.75, 3.05) is 11.9 Å². The summed E-state index contributed by atoms with van der Waals surface area (Å²) in [6, 6.07) is 7.63. The predicted molar refractivity (Wildman–Crippen MR) is 77.7 cm³/mol. The van der Waals surface area contributed by atoms with Gasteiger partial charge in [0.05, 0.1) is 6.26 Å². The van der Waals surface area contributed by atoms with E-state index in [0.717, 1.165) is 17.9 Å². The minimum Gasteiger partial charge on any atom is -0.469 e. The molecular formula is C15H19N3O2. The van der Waals surface area contributed by atoms with Crippen LogP contribution in [0.5, 0.6) is 0 Å². The van der Waals surface area contributed by atoms with E-state index >= 15 is 0 Å². The van der Waals surface area contributed by atoms with Gasteiger partial charge in [-0.25, -0.2) is 0 Å². The van der Waals surface area contributed by atoms with Crippen LogP contribution in [-0.4, -0.2) is 23.5 Å². The number of rotatable bonds is 6. The van der Waals surface area contributed by atoms with Gasteiger partial charge in [-0.15, -0.1) is 0 Å². The highest BCUT2D eigenvalue weighted by molar-refractivity contribution is 5.93. The Hall–Kier alpha value is -2.30. The summed E-state index contributed by atoms with van der Waals surface area (Å²) in [5.74, 6) is 0.776. The van der Waals surface area contributed by atoms with Crippen molar-refractivity contribution >= 4 is 11.6 Å². The lowest BCUT2D eigenvalue weighted by Crippen LogP contribution is -2.24. The molecule has 0 aliphatic heterocycles. The van der Waals surface area contributed by atoms with Crippen molar-refractivity contribution < 1.29 is 9.21 Å². The number of hydrogen-bond donors (Lipinski definition) is 2. The summed E-state index contributed by atoms with van der Waals surface area (Å²) < 4.78 is 5.32. The van der Waals surface area contributed by atoms with Crippen molar-refractivity contribution in [1.82, 2.24) is 10.3 Å². The number of nitrogens with zero attached hydrogens (tertiary/aromatic N) is 1. The number of hydrogen-bond acceptors (Lipinski definition) is 4. The fraction of sp³-hybridized carbons (Fsp3) is 0.333. The van der Waals surface area contributed by atoms with Gasteiger partial charge in [0.25, 0.3) is 5.91 Å². The Morgan fingerprint density at radius 1 is 1.45 bits per heavy atom. The maximum absolute atomic E-state index is 11.7. The molecule has 2 heterocycles. The van der Waals surface area contributed by atoms with E-state index in [9.17, 15) is 4.79 Å². The van der Waals surface area contributed by atoms with Gasteiger partial charge in [-0.2, -0.15) is 0 Å². The van der Waals surface area contributed by atoms with Crippen molar-refractivity contribution in [3.8, 4) is 0 Å². The van der Waals surface area contributed by atoms with Crippen LogP contribution in [0.1, 0.15) is 30.1 Å². The van der Waals surface area contributed by atoms with Gasteiger partial charge in [0.15, 0.2) is 0 Å². The van der Waals surface area contributed by atoms with E-state index in [1.165, 1.54) is 0 Å². The Balaban J connectivity index is 1.98. The average molecular weight is 273 g/mol. The minimum absolute atomic E-state index is 0.158. The van der Waals surface area contributed by atoms with Crippen LogP contribution in [0.3, 0.4) is 0 Å². The number of aromatic nitrogens is 1. The molecule has 0 aliphatic rings. The molecule has 5 nitrogen and oxygen atoms in total. The summed E-state index contributed by atoms with van der Waals surface area (Å²) in [5, 5.41) is 6.07. The molecule has 2 rings (SSSR count). The molecule has 2 aromatic heterocycles. The summed E-state index contributed by atoms with van der Waals surface area (Å²) in [7, 11) is 0. The molecular weight excluding hydrogens is 254 g/mol. The molecule has 0 spiro atoms. The molecule has 1 atom stereocenters. The third kappa shape index (κ3) is 3.85. The smallest absolute Gasteiger partial charge is 0.269 e. The van der Waals surface area contributed by atoms with Crippen LogP contribution in [0, 0.1) is 0 Å². The normalized spacial score (nSPS) is 11.9. The molecule has 0 fully saturated rings. The second-order valence-corrected chi connectivity index (χ2v) is 4.62. The zero-order chi connectivity index (χ0) is 14.4. The first-order valence-electron chi connectivity index (χ1n) is 6.72. The Morgan fingerprint density at radius 3 is 3.00 bits per heavy atom.